The van der Waals surface area contributed by atoms with E-state index in [4.69, 9.17) is 9.72 Å². The number of aromatic nitrogens is 1. The van der Waals surface area contributed by atoms with Crippen molar-refractivity contribution in [1.29, 1.82) is 5.26 Å². The fraction of sp³-hybridized carbons (Fsp3) is 0.682. The lowest BCUT2D eigenvalue weighted by Crippen LogP contribution is -2.33. The molecule has 1 aromatic rings. The minimum atomic E-state index is -0.0200. The molecule has 3 heterocycles. The fourth-order valence-corrected chi connectivity index (χ4v) is 5.42. The Balaban J connectivity index is 1.50. The molecule has 0 bridgehead atoms. The third-order valence-corrected chi connectivity index (χ3v) is 7.09. The van der Waals surface area contributed by atoms with E-state index in [9.17, 15) is 10.1 Å². The molecule has 1 amide bonds. The van der Waals surface area contributed by atoms with Crippen LogP contribution in [0.25, 0.3) is 0 Å². The monoisotopic (exact) mass is 414 g/mol. The molecule has 2 aliphatic heterocycles. The number of pyridine rings is 1. The van der Waals surface area contributed by atoms with Gasteiger partial charge in [-0.2, -0.15) is 5.26 Å². The van der Waals surface area contributed by atoms with Crippen molar-refractivity contribution in [2.45, 2.75) is 68.9 Å². The second-order valence-electron chi connectivity index (χ2n) is 8.17. The van der Waals surface area contributed by atoms with Gasteiger partial charge >= 0.3 is 0 Å². The average molecular weight is 415 g/mol. The predicted molar refractivity (Wildman–Crippen MR) is 114 cm³/mol. The Morgan fingerprint density at radius 1 is 1.17 bits per heavy atom. The minimum absolute atomic E-state index is 0.0200. The molecule has 4 rings (SSSR count). The molecule has 156 valence electrons. The van der Waals surface area contributed by atoms with Gasteiger partial charge in [-0.1, -0.05) is 11.8 Å². The second-order valence-corrected chi connectivity index (χ2v) is 9.13. The molecule has 7 heteroatoms. The lowest BCUT2D eigenvalue weighted by atomic mass is 9.89. The van der Waals surface area contributed by atoms with Crippen molar-refractivity contribution in [2.24, 2.45) is 0 Å². The number of rotatable bonds is 6. The Kier molecular flexibility index (Phi) is 6.94. The van der Waals surface area contributed by atoms with Crippen LogP contribution >= 0.6 is 11.8 Å². The maximum Gasteiger partial charge on any atom is 0.230 e. The van der Waals surface area contributed by atoms with Crippen LogP contribution in [0.2, 0.25) is 0 Å². The largest absolute Gasteiger partial charge is 0.376 e. The molecule has 3 aliphatic rings. The van der Waals surface area contributed by atoms with Crippen molar-refractivity contribution in [3.63, 3.8) is 0 Å². The van der Waals surface area contributed by atoms with Crippen molar-refractivity contribution in [1.82, 2.24) is 10.3 Å². The first-order chi connectivity index (χ1) is 14.3. The summed E-state index contributed by atoms with van der Waals surface area (Å²) in [6.07, 6.45) is 10.1. The molecule has 0 spiro atoms. The van der Waals surface area contributed by atoms with Crippen LogP contribution in [0.15, 0.2) is 5.03 Å². The SMILES string of the molecule is N#Cc1c(SCC(=O)NCC2CCCO2)nc(N2CCCCC2)c2c1CCCC2. The number of fused-ring (bicyclic) bond motifs is 1. The van der Waals surface area contributed by atoms with E-state index in [0.717, 1.165) is 62.6 Å². The lowest BCUT2D eigenvalue weighted by molar-refractivity contribution is -0.119. The topological polar surface area (TPSA) is 78.2 Å². The first-order valence-corrected chi connectivity index (χ1v) is 12.0. The van der Waals surface area contributed by atoms with E-state index in [-0.39, 0.29) is 17.8 Å². The van der Waals surface area contributed by atoms with Gasteiger partial charge in [-0.05, 0) is 68.9 Å². The summed E-state index contributed by atoms with van der Waals surface area (Å²) in [5.41, 5.74) is 3.15. The molecule has 2 fully saturated rings. The fourth-order valence-electron chi connectivity index (χ4n) is 4.58. The molecule has 0 saturated carbocycles. The predicted octanol–water partition coefficient (Wildman–Crippen LogP) is 3.21. The van der Waals surface area contributed by atoms with Crippen LogP contribution in [0.4, 0.5) is 5.82 Å². The number of amides is 1. The number of nitrogens with one attached hydrogen (secondary N) is 1. The van der Waals surface area contributed by atoms with E-state index >= 15 is 0 Å². The molecular weight excluding hydrogens is 384 g/mol. The van der Waals surface area contributed by atoms with Gasteiger partial charge in [-0.3, -0.25) is 4.79 Å². The smallest absolute Gasteiger partial charge is 0.230 e. The Morgan fingerprint density at radius 2 is 1.97 bits per heavy atom. The number of carbonyl (C=O) groups is 1. The third-order valence-electron chi connectivity index (χ3n) is 6.12. The zero-order chi connectivity index (χ0) is 20.1. The van der Waals surface area contributed by atoms with Crippen molar-refractivity contribution < 1.29 is 9.53 Å². The van der Waals surface area contributed by atoms with Gasteiger partial charge in [0.05, 0.1) is 17.4 Å². The summed E-state index contributed by atoms with van der Waals surface area (Å²) < 4.78 is 5.57. The average Bonchev–Trinajstić information content (AvgIpc) is 3.29. The Hall–Kier alpha value is -1.78. The summed E-state index contributed by atoms with van der Waals surface area (Å²) in [5, 5.41) is 13.5. The molecular formula is C22H30N4O2S. The summed E-state index contributed by atoms with van der Waals surface area (Å²) in [4.78, 5) is 19.7. The lowest BCUT2D eigenvalue weighted by Gasteiger charge is -2.32. The normalized spacial score (nSPS) is 21.5. The molecule has 0 radical (unpaired) electrons. The number of ether oxygens (including phenoxy) is 1. The van der Waals surface area contributed by atoms with Crippen LogP contribution in [0, 0.1) is 11.3 Å². The molecule has 1 N–H and O–H groups in total. The van der Waals surface area contributed by atoms with Crippen molar-refractivity contribution in [3.05, 3.63) is 16.7 Å². The van der Waals surface area contributed by atoms with Gasteiger partial charge in [0.25, 0.3) is 0 Å². The van der Waals surface area contributed by atoms with Crippen LogP contribution in [0.1, 0.15) is 61.6 Å². The van der Waals surface area contributed by atoms with E-state index in [0.29, 0.717) is 12.1 Å². The van der Waals surface area contributed by atoms with Crippen molar-refractivity contribution >= 4 is 23.5 Å². The number of anilines is 1. The maximum absolute atomic E-state index is 12.3. The summed E-state index contributed by atoms with van der Waals surface area (Å²) in [7, 11) is 0. The van der Waals surface area contributed by atoms with E-state index < -0.39 is 0 Å². The van der Waals surface area contributed by atoms with Crippen molar-refractivity contribution in [2.75, 3.05) is 36.9 Å². The van der Waals surface area contributed by atoms with E-state index in [2.05, 4.69) is 16.3 Å². The second kappa shape index (κ2) is 9.82. The zero-order valence-electron chi connectivity index (χ0n) is 17.0. The molecule has 29 heavy (non-hydrogen) atoms. The van der Waals surface area contributed by atoms with Crippen LogP contribution < -0.4 is 10.2 Å². The van der Waals surface area contributed by atoms with Gasteiger partial charge in [0, 0.05) is 26.2 Å². The first-order valence-electron chi connectivity index (χ1n) is 11.0. The molecule has 2 saturated heterocycles. The number of thioether (sulfide) groups is 1. The number of hydrogen-bond acceptors (Lipinski definition) is 6. The third kappa shape index (κ3) is 4.87. The molecule has 0 aromatic carbocycles. The molecule has 1 aliphatic carbocycles. The Morgan fingerprint density at radius 3 is 2.69 bits per heavy atom. The standard InChI is InChI=1S/C22H30N4O2S/c23-13-19-17-8-2-3-9-18(17)21(26-10-4-1-5-11-26)25-22(19)29-15-20(27)24-14-16-7-6-12-28-16/h16H,1-12,14-15H2,(H,24,27). The quantitative estimate of drug-likeness (QED) is 0.720. The minimum Gasteiger partial charge on any atom is -0.376 e. The van der Waals surface area contributed by atoms with Gasteiger partial charge in [0.1, 0.15) is 16.9 Å². The highest BCUT2D eigenvalue weighted by molar-refractivity contribution is 8.00. The van der Waals surface area contributed by atoms with Crippen LogP contribution in [-0.4, -0.2) is 49.0 Å². The highest BCUT2D eigenvalue weighted by Crippen LogP contribution is 2.36. The first kappa shape index (κ1) is 20.5. The Labute approximate surface area is 177 Å². The Bertz CT molecular complexity index is 780. The number of nitriles is 1. The van der Waals surface area contributed by atoms with Gasteiger partial charge in [-0.15, -0.1) is 0 Å². The van der Waals surface area contributed by atoms with Crippen LogP contribution in [0.5, 0.6) is 0 Å². The van der Waals surface area contributed by atoms with Crippen LogP contribution in [-0.2, 0) is 22.4 Å². The summed E-state index contributed by atoms with van der Waals surface area (Å²) in [6.45, 7) is 3.44. The zero-order valence-corrected chi connectivity index (χ0v) is 17.9. The highest BCUT2D eigenvalue weighted by atomic mass is 32.2. The van der Waals surface area contributed by atoms with Crippen molar-refractivity contribution in [3.8, 4) is 6.07 Å². The van der Waals surface area contributed by atoms with Crippen LogP contribution in [0.3, 0.4) is 0 Å². The maximum atomic E-state index is 12.3. The summed E-state index contributed by atoms with van der Waals surface area (Å²) in [5.74, 6) is 1.33. The number of carbonyl (C=O) groups excluding carboxylic acids is 1. The van der Waals surface area contributed by atoms with Gasteiger partial charge in [0.15, 0.2) is 0 Å². The van der Waals surface area contributed by atoms with Gasteiger partial charge < -0.3 is 15.0 Å². The van der Waals surface area contributed by atoms with Gasteiger partial charge in [0.2, 0.25) is 5.91 Å². The van der Waals surface area contributed by atoms with Gasteiger partial charge in [-0.25, -0.2) is 4.98 Å². The highest BCUT2D eigenvalue weighted by Gasteiger charge is 2.26. The molecule has 1 unspecified atom stereocenters. The number of nitrogens with zero attached hydrogens (tertiary/aromatic N) is 3. The molecule has 1 atom stereocenters. The van der Waals surface area contributed by atoms with E-state index in [1.807, 2.05) is 0 Å². The number of piperidine rings is 1. The van der Waals surface area contributed by atoms with E-state index in [1.165, 1.54) is 48.6 Å². The summed E-state index contributed by atoms with van der Waals surface area (Å²) in [6, 6.07) is 2.40. The number of hydrogen-bond donors (Lipinski definition) is 1. The molecule has 6 nitrogen and oxygen atoms in total. The van der Waals surface area contributed by atoms with E-state index in [1.54, 1.807) is 0 Å². The molecule has 1 aromatic heterocycles. The summed E-state index contributed by atoms with van der Waals surface area (Å²) >= 11 is 1.40.